The van der Waals surface area contributed by atoms with Crippen molar-refractivity contribution < 1.29 is 23.8 Å². The molecule has 172 valence electrons. The second kappa shape index (κ2) is 9.99. The zero-order valence-electron chi connectivity index (χ0n) is 18.3. The Morgan fingerprint density at radius 3 is 2.73 bits per heavy atom. The van der Waals surface area contributed by atoms with Crippen LogP contribution in [0.15, 0.2) is 42.7 Å². The summed E-state index contributed by atoms with van der Waals surface area (Å²) in [5.74, 6) is 0.0559. The fraction of sp³-hybridized carbons (Fsp3) is 0.375. The molecule has 1 atom stereocenters. The number of carbonyl (C=O) groups is 2. The number of ketones is 2. The molecule has 1 aromatic carbocycles. The minimum Gasteiger partial charge on any atom is -0.483 e. The second-order valence-electron chi connectivity index (χ2n) is 8.15. The zero-order valence-corrected chi connectivity index (χ0v) is 18.3. The van der Waals surface area contributed by atoms with Crippen LogP contribution in [0, 0.1) is 11.7 Å². The lowest BCUT2D eigenvalue weighted by molar-refractivity contribution is -0.118. The van der Waals surface area contributed by atoms with Gasteiger partial charge < -0.3 is 9.84 Å². The number of Topliss-reactive ketones (excluding diaryl/α,β-unsaturated/α-hetero) is 2. The maximum atomic E-state index is 14.5. The van der Waals surface area contributed by atoms with Gasteiger partial charge in [-0.05, 0) is 49.9 Å². The highest BCUT2D eigenvalue weighted by molar-refractivity contribution is 5.97. The summed E-state index contributed by atoms with van der Waals surface area (Å²) in [6, 6.07) is 7.84. The fourth-order valence-corrected chi connectivity index (χ4v) is 3.38. The Morgan fingerprint density at radius 1 is 1.24 bits per heavy atom. The summed E-state index contributed by atoms with van der Waals surface area (Å²) in [5.41, 5.74) is 1.70. The molecule has 0 radical (unpaired) electrons. The number of pyridine rings is 1. The normalized spacial score (nSPS) is 14.2. The molecule has 1 aliphatic carbocycles. The first-order valence-electron chi connectivity index (χ1n) is 10.9. The zero-order chi connectivity index (χ0) is 23.4. The van der Waals surface area contributed by atoms with E-state index >= 15 is 0 Å². The van der Waals surface area contributed by atoms with Crippen LogP contribution in [0.3, 0.4) is 0 Å². The maximum absolute atomic E-state index is 14.5. The van der Waals surface area contributed by atoms with Crippen molar-refractivity contribution in [3.8, 4) is 11.4 Å². The van der Waals surface area contributed by atoms with Crippen LogP contribution in [0.1, 0.15) is 60.5 Å². The van der Waals surface area contributed by atoms with E-state index in [0.717, 1.165) is 12.8 Å². The summed E-state index contributed by atoms with van der Waals surface area (Å²) in [7, 11) is 0. The molecule has 1 aliphatic rings. The van der Waals surface area contributed by atoms with Crippen LogP contribution in [0.2, 0.25) is 0 Å². The number of aliphatic hydroxyl groups is 1. The summed E-state index contributed by atoms with van der Waals surface area (Å²) in [5, 5.41) is 17.4. The molecule has 1 saturated carbocycles. The highest BCUT2D eigenvalue weighted by Crippen LogP contribution is 2.32. The third-order valence-corrected chi connectivity index (χ3v) is 5.44. The SMILES string of the molecule is C[C@@H](Oc1ccc(C(=O)C2CC2)nc1)c1cnn(-c2ccc(CC(=O)CCCO)c(F)c2)n1. The lowest BCUT2D eigenvalue weighted by Gasteiger charge is -2.12. The summed E-state index contributed by atoms with van der Waals surface area (Å²) in [6.07, 6.45) is 5.04. The van der Waals surface area contributed by atoms with Crippen molar-refractivity contribution in [3.63, 3.8) is 0 Å². The third-order valence-electron chi connectivity index (χ3n) is 5.44. The van der Waals surface area contributed by atoms with E-state index in [-0.39, 0.29) is 36.9 Å². The largest absolute Gasteiger partial charge is 0.483 e. The molecule has 3 aromatic rings. The van der Waals surface area contributed by atoms with Crippen molar-refractivity contribution in [2.75, 3.05) is 6.61 Å². The number of ether oxygens (including phenoxy) is 1. The number of carbonyl (C=O) groups excluding carboxylic acids is 2. The minimum atomic E-state index is -0.514. The molecule has 0 unspecified atom stereocenters. The van der Waals surface area contributed by atoms with E-state index in [4.69, 9.17) is 9.84 Å². The van der Waals surface area contributed by atoms with Crippen LogP contribution in [-0.2, 0) is 11.2 Å². The average Bonchev–Trinajstić information content (AvgIpc) is 3.55. The molecule has 0 aliphatic heterocycles. The summed E-state index contributed by atoms with van der Waals surface area (Å²) in [4.78, 5) is 29.4. The van der Waals surface area contributed by atoms with Crippen LogP contribution in [-0.4, -0.2) is 43.3 Å². The number of hydrogen-bond donors (Lipinski definition) is 1. The van der Waals surface area contributed by atoms with E-state index in [1.54, 1.807) is 31.2 Å². The van der Waals surface area contributed by atoms with Gasteiger partial charge in [-0.3, -0.25) is 9.59 Å². The standard InChI is InChI=1S/C24H25FN4O4/c1-15(33-20-8-9-22(26-13-20)24(32)16-4-5-16)23-14-27-29(28-23)18-7-6-17(21(25)12-18)11-19(31)3-2-10-30/h6-9,12-16,30H,2-5,10-11H2,1H3/t15-/m1/s1. The van der Waals surface area contributed by atoms with Gasteiger partial charge in [-0.15, -0.1) is 5.10 Å². The van der Waals surface area contributed by atoms with Crippen LogP contribution in [0.5, 0.6) is 5.75 Å². The van der Waals surface area contributed by atoms with E-state index in [9.17, 15) is 14.0 Å². The predicted molar refractivity (Wildman–Crippen MR) is 117 cm³/mol. The Morgan fingerprint density at radius 2 is 2.06 bits per heavy atom. The molecule has 2 aromatic heterocycles. The van der Waals surface area contributed by atoms with Gasteiger partial charge in [0.2, 0.25) is 0 Å². The van der Waals surface area contributed by atoms with Gasteiger partial charge in [0, 0.05) is 31.4 Å². The van der Waals surface area contributed by atoms with Gasteiger partial charge in [0.25, 0.3) is 0 Å². The highest BCUT2D eigenvalue weighted by Gasteiger charge is 2.31. The molecule has 8 nitrogen and oxygen atoms in total. The highest BCUT2D eigenvalue weighted by atomic mass is 19.1. The lowest BCUT2D eigenvalue weighted by Crippen LogP contribution is -2.08. The number of nitrogens with zero attached hydrogens (tertiary/aromatic N) is 4. The molecule has 0 amide bonds. The molecular formula is C24H25FN4O4. The Labute approximate surface area is 190 Å². The first-order valence-corrected chi connectivity index (χ1v) is 10.9. The van der Waals surface area contributed by atoms with Crippen LogP contribution in [0.4, 0.5) is 4.39 Å². The predicted octanol–water partition coefficient (Wildman–Crippen LogP) is 3.42. The van der Waals surface area contributed by atoms with E-state index in [0.29, 0.717) is 34.8 Å². The Balaban J connectivity index is 1.39. The molecule has 1 fully saturated rings. The van der Waals surface area contributed by atoms with E-state index in [2.05, 4.69) is 15.2 Å². The Hall–Kier alpha value is -3.46. The number of halogens is 1. The fourth-order valence-electron chi connectivity index (χ4n) is 3.38. The summed E-state index contributed by atoms with van der Waals surface area (Å²) >= 11 is 0. The van der Waals surface area contributed by atoms with Crippen molar-refractivity contribution in [2.45, 2.75) is 45.1 Å². The molecule has 1 N–H and O–H groups in total. The summed E-state index contributed by atoms with van der Waals surface area (Å²) < 4.78 is 20.3. The first kappa shape index (κ1) is 22.7. The number of aromatic nitrogens is 4. The van der Waals surface area contributed by atoms with Crippen molar-refractivity contribution in [1.29, 1.82) is 0 Å². The molecule has 2 heterocycles. The Bertz CT molecular complexity index is 1140. The summed E-state index contributed by atoms with van der Waals surface area (Å²) in [6.45, 7) is 1.74. The second-order valence-corrected chi connectivity index (χ2v) is 8.15. The smallest absolute Gasteiger partial charge is 0.184 e. The molecule has 4 rings (SSSR count). The molecular weight excluding hydrogens is 427 g/mol. The van der Waals surface area contributed by atoms with Gasteiger partial charge in [0.1, 0.15) is 34.8 Å². The molecule has 33 heavy (non-hydrogen) atoms. The third kappa shape index (κ3) is 5.67. The van der Waals surface area contributed by atoms with Crippen molar-refractivity contribution >= 4 is 11.6 Å². The maximum Gasteiger partial charge on any atom is 0.184 e. The van der Waals surface area contributed by atoms with Gasteiger partial charge in [0.15, 0.2) is 5.78 Å². The van der Waals surface area contributed by atoms with E-state index in [1.165, 1.54) is 23.3 Å². The van der Waals surface area contributed by atoms with Crippen LogP contribution < -0.4 is 4.74 Å². The van der Waals surface area contributed by atoms with E-state index < -0.39 is 11.9 Å². The molecule has 0 bridgehead atoms. The van der Waals surface area contributed by atoms with Gasteiger partial charge in [-0.1, -0.05) is 6.07 Å². The van der Waals surface area contributed by atoms with Crippen LogP contribution in [0.25, 0.3) is 5.69 Å². The molecule has 0 spiro atoms. The van der Waals surface area contributed by atoms with Crippen molar-refractivity contribution in [1.82, 2.24) is 20.0 Å². The van der Waals surface area contributed by atoms with Crippen molar-refractivity contribution in [2.24, 2.45) is 5.92 Å². The van der Waals surface area contributed by atoms with Gasteiger partial charge in [0.05, 0.1) is 18.1 Å². The van der Waals surface area contributed by atoms with Gasteiger partial charge in [-0.25, -0.2) is 9.37 Å². The molecule has 0 saturated heterocycles. The Kier molecular flexibility index (Phi) is 6.88. The monoisotopic (exact) mass is 452 g/mol. The van der Waals surface area contributed by atoms with Gasteiger partial charge in [-0.2, -0.15) is 9.90 Å². The van der Waals surface area contributed by atoms with Crippen molar-refractivity contribution in [3.05, 3.63) is 65.5 Å². The topological polar surface area (TPSA) is 107 Å². The molecule has 9 heteroatoms. The minimum absolute atomic E-state index is 0.0200. The van der Waals surface area contributed by atoms with E-state index in [1.807, 2.05) is 0 Å². The quantitative estimate of drug-likeness (QED) is 0.444. The first-order chi connectivity index (χ1) is 15.9. The lowest BCUT2D eigenvalue weighted by atomic mass is 10.0. The van der Waals surface area contributed by atoms with Gasteiger partial charge >= 0.3 is 0 Å². The number of rotatable bonds is 11. The number of aliphatic hydroxyl groups excluding tert-OH is 1. The number of hydrogen-bond acceptors (Lipinski definition) is 7. The number of benzene rings is 1. The van der Waals surface area contributed by atoms with Crippen LogP contribution >= 0.6 is 0 Å². The average molecular weight is 452 g/mol.